The van der Waals surface area contributed by atoms with Gasteiger partial charge in [0.15, 0.2) is 0 Å². The van der Waals surface area contributed by atoms with Crippen LogP contribution in [-0.2, 0) is 11.3 Å². The summed E-state index contributed by atoms with van der Waals surface area (Å²) in [6.45, 7) is 5.94. The van der Waals surface area contributed by atoms with Gasteiger partial charge in [0.2, 0.25) is 0 Å². The van der Waals surface area contributed by atoms with Crippen LogP contribution in [0.25, 0.3) is 0 Å². The van der Waals surface area contributed by atoms with Gasteiger partial charge < -0.3 is 15.0 Å². The van der Waals surface area contributed by atoms with Crippen molar-refractivity contribution >= 4 is 17.3 Å². The number of aromatic nitrogens is 2. The molecule has 0 saturated carbocycles. The first kappa shape index (κ1) is 17.9. The van der Waals surface area contributed by atoms with Crippen LogP contribution >= 0.6 is 11.6 Å². The van der Waals surface area contributed by atoms with Gasteiger partial charge in [-0.15, -0.1) is 0 Å². The van der Waals surface area contributed by atoms with Crippen molar-refractivity contribution in [3.63, 3.8) is 0 Å². The van der Waals surface area contributed by atoms with Crippen LogP contribution in [0.2, 0.25) is 5.02 Å². The summed E-state index contributed by atoms with van der Waals surface area (Å²) in [5, 5.41) is 7.58. The second kappa shape index (κ2) is 8.36. The highest BCUT2D eigenvalue weighted by atomic mass is 35.5. The van der Waals surface area contributed by atoms with Gasteiger partial charge in [-0.25, -0.2) is 4.68 Å². The third kappa shape index (κ3) is 5.30. The summed E-state index contributed by atoms with van der Waals surface area (Å²) in [5.41, 5.74) is 0.280. The minimum absolute atomic E-state index is 0.0753. The molecule has 0 amide bonds. The van der Waals surface area contributed by atoms with Crippen molar-refractivity contribution in [2.24, 2.45) is 5.92 Å². The fraction of sp³-hybridized carbons (Fsp3) is 0.714. The fourth-order valence-electron chi connectivity index (χ4n) is 1.80. The second-order valence-electron chi connectivity index (χ2n) is 5.65. The number of halogens is 1. The first-order chi connectivity index (χ1) is 9.86. The Morgan fingerprint density at radius 3 is 2.67 bits per heavy atom. The zero-order valence-electron chi connectivity index (χ0n) is 13.4. The number of hydrogen-bond donors (Lipinski definition) is 1. The molecule has 0 radical (unpaired) electrons. The Labute approximate surface area is 131 Å². The monoisotopic (exact) mass is 316 g/mol. The largest absolute Gasteiger partial charge is 0.383 e. The Morgan fingerprint density at radius 2 is 2.14 bits per heavy atom. The summed E-state index contributed by atoms with van der Waals surface area (Å²) in [7, 11) is 5.54. The van der Waals surface area contributed by atoms with Crippen molar-refractivity contribution < 1.29 is 4.74 Å². The third-order valence-corrected chi connectivity index (χ3v) is 3.60. The molecule has 0 fully saturated rings. The van der Waals surface area contributed by atoms with Crippen LogP contribution in [0.4, 0.5) is 5.69 Å². The number of likely N-dealkylation sites (N-methyl/N-ethyl adjacent to an activating group) is 1. The molecule has 1 unspecified atom stereocenters. The number of methoxy groups -OCH3 is 1. The number of anilines is 1. The Balaban J connectivity index is 2.90. The molecule has 0 aliphatic rings. The minimum atomic E-state index is -0.275. The van der Waals surface area contributed by atoms with Crippen molar-refractivity contribution in [2.45, 2.75) is 26.4 Å². The summed E-state index contributed by atoms with van der Waals surface area (Å²) >= 11 is 6.17. The second-order valence-corrected chi connectivity index (χ2v) is 6.03. The lowest BCUT2D eigenvalue weighted by Gasteiger charge is -2.23. The van der Waals surface area contributed by atoms with E-state index in [9.17, 15) is 4.79 Å². The van der Waals surface area contributed by atoms with E-state index in [-0.39, 0.29) is 16.6 Å². The highest BCUT2D eigenvalue weighted by Crippen LogP contribution is 2.18. The van der Waals surface area contributed by atoms with E-state index in [1.807, 2.05) is 19.0 Å². The average molecular weight is 317 g/mol. The summed E-state index contributed by atoms with van der Waals surface area (Å²) in [5.74, 6) is 0.345. The molecule has 0 bridgehead atoms. The van der Waals surface area contributed by atoms with Gasteiger partial charge in [0.25, 0.3) is 5.56 Å². The van der Waals surface area contributed by atoms with Gasteiger partial charge in [-0.3, -0.25) is 4.79 Å². The maximum Gasteiger partial charge on any atom is 0.287 e. The summed E-state index contributed by atoms with van der Waals surface area (Å²) < 4.78 is 6.56. The van der Waals surface area contributed by atoms with Gasteiger partial charge in [-0.1, -0.05) is 25.4 Å². The van der Waals surface area contributed by atoms with Crippen LogP contribution in [0.1, 0.15) is 13.8 Å². The Morgan fingerprint density at radius 1 is 1.48 bits per heavy atom. The van der Waals surface area contributed by atoms with E-state index in [1.54, 1.807) is 13.3 Å². The number of ether oxygens (including phenoxy) is 1. The molecular formula is C14H25ClN4O2. The van der Waals surface area contributed by atoms with E-state index in [4.69, 9.17) is 16.3 Å². The molecule has 6 nitrogen and oxygen atoms in total. The van der Waals surface area contributed by atoms with E-state index in [0.717, 1.165) is 6.54 Å². The van der Waals surface area contributed by atoms with E-state index < -0.39 is 0 Å². The lowest BCUT2D eigenvalue weighted by atomic mass is 10.1. The van der Waals surface area contributed by atoms with Crippen LogP contribution in [0.5, 0.6) is 0 Å². The number of rotatable bonds is 8. The molecule has 1 aromatic heterocycles. The third-order valence-electron chi connectivity index (χ3n) is 3.24. The van der Waals surface area contributed by atoms with Crippen molar-refractivity contribution in [2.75, 3.05) is 39.7 Å². The SMILES string of the molecule is COCC(Nc1cnn(CCN(C)C)c(=O)c1Cl)C(C)C. The molecule has 0 aromatic carbocycles. The highest BCUT2D eigenvalue weighted by molar-refractivity contribution is 6.32. The van der Waals surface area contributed by atoms with E-state index in [1.165, 1.54) is 4.68 Å². The molecule has 0 spiro atoms. The van der Waals surface area contributed by atoms with E-state index in [0.29, 0.717) is 24.8 Å². The quantitative estimate of drug-likeness (QED) is 0.788. The molecule has 1 rings (SSSR count). The predicted molar refractivity (Wildman–Crippen MR) is 86.2 cm³/mol. The number of nitrogens with one attached hydrogen (secondary N) is 1. The summed E-state index contributed by atoms with van der Waals surface area (Å²) in [6.07, 6.45) is 1.60. The van der Waals surface area contributed by atoms with Gasteiger partial charge in [-0.2, -0.15) is 5.10 Å². The maximum atomic E-state index is 12.2. The summed E-state index contributed by atoms with van der Waals surface area (Å²) in [4.78, 5) is 14.2. The van der Waals surface area contributed by atoms with Gasteiger partial charge in [0, 0.05) is 13.7 Å². The molecule has 1 N–H and O–H groups in total. The van der Waals surface area contributed by atoms with E-state index in [2.05, 4.69) is 24.3 Å². The zero-order chi connectivity index (χ0) is 16.0. The fourth-order valence-corrected chi connectivity index (χ4v) is 2.00. The highest BCUT2D eigenvalue weighted by Gasteiger charge is 2.16. The van der Waals surface area contributed by atoms with Crippen LogP contribution in [0.15, 0.2) is 11.0 Å². The van der Waals surface area contributed by atoms with Gasteiger partial charge >= 0.3 is 0 Å². The molecule has 0 aliphatic carbocycles. The Bertz CT molecular complexity index is 502. The van der Waals surface area contributed by atoms with Crippen LogP contribution in [0, 0.1) is 5.92 Å². The average Bonchev–Trinajstić information content (AvgIpc) is 2.41. The van der Waals surface area contributed by atoms with Crippen LogP contribution < -0.4 is 10.9 Å². The smallest absolute Gasteiger partial charge is 0.287 e. The topological polar surface area (TPSA) is 59.4 Å². The summed E-state index contributed by atoms with van der Waals surface area (Å²) in [6, 6.07) is 0.0753. The van der Waals surface area contributed by atoms with Crippen molar-refractivity contribution in [1.82, 2.24) is 14.7 Å². The normalized spacial score (nSPS) is 13.0. The Kier molecular flexibility index (Phi) is 7.14. The molecule has 1 atom stereocenters. The predicted octanol–water partition coefficient (Wildman–Crippen LogP) is 1.54. The van der Waals surface area contributed by atoms with Gasteiger partial charge in [0.1, 0.15) is 5.02 Å². The van der Waals surface area contributed by atoms with Gasteiger partial charge in [-0.05, 0) is 20.0 Å². The van der Waals surface area contributed by atoms with Crippen molar-refractivity contribution in [3.05, 3.63) is 21.6 Å². The molecule has 7 heteroatoms. The molecular weight excluding hydrogens is 292 g/mol. The molecule has 21 heavy (non-hydrogen) atoms. The molecule has 1 heterocycles. The Hall–Kier alpha value is -1.11. The lowest BCUT2D eigenvalue weighted by Crippen LogP contribution is -2.33. The van der Waals surface area contributed by atoms with Crippen LogP contribution in [0.3, 0.4) is 0 Å². The zero-order valence-corrected chi connectivity index (χ0v) is 14.1. The van der Waals surface area contributed by atoms with Gasteiger partial charge in [0.05, 0.1) is 31.1 Å². The number of hydrogen-bond acceptors (Lipinski definition) is 5. The maximum absolute atomic E-state index is 12.2. The first-order valence-corrected chi connectivity index (χ1v) is 7.40. The van der Waals surface area contributed by atoms with E-state index >= 15 is 0 Å². The molecule has 0 aliphatic heterocycles. The standard InChI is InChI=1S/C14H25ClN4O2/c1-10(2)12(9-21-5)17-11-8-16-19(7-6-18(3)4)14(20)13(11)15/h8,10,12,17H,6-7,9H2,1-5H3. The minimum Gasteiger partial charge on any atom is -0.383 e. The van der Waals surface area contributed by atoms with Crippen molar-refractivity contribution in [1.29, 1.82) is 0 Å². The molecule has 0 saturated heterocycles. The van der Waals surface area contributed by atoms with Crippen molar-refractivity contribution in [3.8, 4) is 0 Å². The lowest BCUT2D eigenvalue weighted by molar-refractivity contribution is 0.171. The molecule has 1 aromatic rings. The number of nitrogens with zero attached hydrogens (tertiary/aromatic N) is 3. The first-order valence-electron chi connectivity index (χ1n) is 7.02. The molecule has 120 valence electrons. The van der Waals surface area contributed by atoms with Crippen LogP contribution in [-0.4, -0.2) is 55.1 Å².